The summed E-state index contributed by atoms with van der Waals surface area (Å²) in [6, 6.07) is -0.0894. The molecule has 0 aliphatic rings. The first-order chi connectivity index (χ1) is 8.42. The third kappa shape index (κ3) is 6.32. The van der Waals surface area contributed by atoms with Crippen molar-refractivity contribution in [1.29, 1.82) is 0 Å². The van der Waals surface area contributed by atoms with Crippen LogP contribution in [0, 0.1) is 0 Å². The third-order valence-corrected chi connectivity index (χ3v) is 2.45. The molecule has 0 aliphatic heterocycles. The average Bonchev–Trinajstić information content (AvgIpc) is 2.28. The van der Waals surface area contributed by atoms with Crippen LogP contribution in [0.3, 0.4) is 0 Å². The second kappa shape index (κ2) is 8.60. The van der Waals surface area contributed by atoms with E-state index in [9.17, 15) is 9.59 Å². The Balaban J connectivity index is 4.09. The summed E-state index contributed by atoms with van der Waals surface area (Å²) in [6.07, 6.45) is -0.867. The molecular weight excluding hydrogens is 238 g/mol. The second-order valence-corrected chi connectivity index (χ2v) is 4.01. The largest absolute Gasteiger partial charge is 0.508 e. The Kier molecular flexibility index (Phi) is 7.91. The highest BCUT2D eigenvalue weighted by Gasteiger charge is 2.20. The standard InChI is InChI=1S/C12H23NO5/c1-6-16-11(14)13(5)9(3)8-10(4)18-12(15)17-7-2/h9-10H,6-8H2,1-5H3. The van der Waals surface area contributed by atoms with Gasteiger partial charge in [-0.15, -0.1) is 0 Å². The highest BCUT2D eigenvalue weighted by molar-refractivity contribution is 5.67. The molecule has 0 aromatic rings. The summed E-state index contributed by atoms with van der Waals surface area (Å²) in [5, 5.41) is 0. The van der Waals surface area contributed by atoms with Crippen LogP contribution in [0.15, 0.2) is 0 Å². The number of ether oxygens (including phenoxy) is 3. The van der Waals surface area contributed by atoms with Crippen LogP contribution in [0.1, 0.15) is 34.1 Å². The zero-order valence-corrected chi connectivity index (χ0v) is 11.8. The van der Waals surface area contributed by atoms with Crippen molar-refractivity contribution in [1.82, 2.24) is 4.90 Å². The fourth-order valence-electron chi connectivity index (χ4n) is 1.41. The third-order valence-electron chi connectivity index (χ3n) is 2.45. The van der Waals surface area contributed by atoms with Gasteiger partial charge in [0, 0.05) is 19.5 Å². The van der Waals surface area contributed by atoms with Crippen LogP contribution in [0.5, 0.6) is 0 Å². The Morgan fingerprint density at radius 3 is 2.17 bits per heavy atom. The maximum atomic E-state index is 11.5. The molecule has 0 saturated heterocycles. The number of carbonyl (C=O) groups excluding carboxylic acids is 2. The van der Waals surface area contributed by atoms with Crippen LogP contribution in [-0.4, -0.2) is 49.6 Å². The first-order valence-corrected chi connectivity index (χ1v) is 6.15. The molecular formula is C12H23NO5. The van der Waals surface area contributed by atoms with Gasteiger partial charge in [-0.1, -0.05) is 0 Å². The van der Waals surface area contributed by atoms with E-state index in [0.717, 1.165) is 0 Å². The van der Waals surface area contributed by atoms with Gasteiger partial charge in [0.15, 0.2) is 0 Å². The van der Waals surface area contributed by atoms with E-state index in [4.69, 9.17) is 9.47 Å². The van der Waals surface area contributed by atoms with Gasteiger partial charge in [-0.2, -0.15) is 0 Å². The minimum absolute atomic E-state index is 0.0894. The zero-order valence-electron chi connectivity index (χ0n) is 11.8. The lowest BCUT2D eigenvalue weighted by atomic mass is 10.1. The van der Waals surface area contributed by atoms with Gasteiger partial charge in [-0.05, 0) is 27.7 Å². The number of nitrogens with zero attached hydrogens (tertiary/aromatic N) is 1. The first kappa shape index (κ1) is 16.5. The summed E-state index contributed by atoms with van der Waals surface area (Å²) >= 11 is 0. The van der Waals surface area contributed by atoms with E-state index in [2.05, 4.69) is 4.74 Å². The average molecular weight is 261 g/mol. The van der Waals surface area contributed by atoms with Gasteiger partial charge in [-0.3, -0.25) is 0 Å². The lowest BCUT2D eigenvalue weighted by molar-refractivity contribution is 0.0214. The van der Waals surface area contributed by atoms with Gasteiger partial charge in [0.05, 0.1) is 13.2 Å². The summed E-state index contributed by atoms with van der Waals surface area (Å²) in [6.45, 7) is 7.70. The van der Waals surface area contributed by atoms with Crippen molar-refractivity contribution in [3.63, 3.8) is 0 Å². The van der Waals surface area contributed by atoms with E-state index in [1.54, 1.807) is 27.8 Å². The number of hydrogen-bond acceptors (Lipinski definition) is 5. The molecule has 0 aromatic carbocycles. The monoisotopic (exact) mass is 261 g/mol. The van der Waals surface area contributed by atoms with Crippen LogP contribution in [0.4, 0.5) is 9.59 Å². The Bertz CT molecular complexity index is 269. The highest BCUT2D eigenvalue weighted by atomic mass is 16.7. The molecule has 0 aliphatic carbocycles. The minimum Gasteiger partial charge on any atom is -0.450 e. The Labute approximate surface area is 108 Å². The predicted molar refractivity (Wildman–Crippen MR) is 66.4 cm³/mol. The van der Waals surface area contributed by atoms with E-state index >= 15 is 0 Å². The molecule has 18 heavy (non-hydrogen) atoms. The van der Waals surface area contributed by atoms with Crippen molar-refractivity contribution in [2.75, 3.05) is 20.3 Å². The Hall–Kier alpha value is -1.46. The van der Waals surface area contributed by atoms with Gasteiger partial charge in [0.1, 0.15) is 6.10 Å². The molecule has 6 heteroatoms. The number of amides is 1. The van der Waals surface area contributed by atoms with Gasteiger partial charge < -0.3 is 19.1 Å². The van der Waals surface area contributed by atoms with E-state index in [1.807, 2.05) is 6.92 Å². The highest BCUT2D eigenvalue weighted by Crippen LogP contribution is 2.09. The van der Waals surface area contributed by atoms with Crippen molar-refractivity contribution >= 4 is 12.2 Å². The Morgan fingerprint density at radius 1 is 1.11 bits per heavy atom. The summed E-state index contributed by atoms with van der Waals surface area (Å²) in [7, 11) is 1.65. The molecule has 0 aromatic heterocycles. The summed E-state index contributed by atoms with van der Waals surface area (Å²) < 4.78 is 14.6. The van der Waals surface area contributed by atoms with Crippen LogP contribution >= 0.6 is 0 Å². The fraction of sp³-hybridized carbons (Fsp3) is 0.833. The van der Waals surface area contributed by atoms with E-state index in [1.165, 1.54) is 4.90 Å². The number of rotatable bonds is 6. The van der Waals surface area contributed by atoms with Crippen molar-refractivity contribution in [3.8, 4) is 0 Å². The molecule has 0 radical (unpaired) electrons. The van der Waals surface area contributed by atoms with E-state index in [0.29, 0.717) is 13.0 Å². The molecule has 106 valence electrons. The van der Waals surface area contributed by atoms with Gasteiger partial charge >= 0.3 is 12.2 Å². The van der Waals surface area contributed by atoms with Crippen LogP contribution in [-0.2, 0) is 14.2 Å². The fourth-order valence-corrected chi connectivity index (χ4v) is 1.41. The van der Waals surface area contributed by atoms with Crippen molar-refractivity contribution in [2.45, 2.75) is 46.3 Å². The second-order valence-electron chi connectivity index (χ2n) is 4.01. The molecule has 0 heterocycles. The maximum absolute atomic E-state index is 11.5. The lowest BCUT2D eigenvalue weighted by Crippen LogP contribution is -2.38. The van der Waals surface area contributed by atoms with Gasteiger partial charge in [0.25, 0.3) is 0 Å². The molecule has 0 rings (SSSR count). The van der Waals surface area contributed by atoms with Gasteiger partial charge in [-0.25, -0.2) is 9.59 Å². The molecule has 0 spiro atoms. The van der Waals surface area contributed by atoms with Gasteiger partial charge in [0.2, 0.25) is 0 Å². The van der Waals surface area contributed by atoms with E-state index < -0.39 is 6.16 Å². The van der Waals surface area contributed by atoms with Crippen LogP contribution in [0.25, 0.3) is 0 Å². The molecule has 0 bridgehead atoms. The minimum atomic E-state index is -0.684. The topological polar surface area (TPSA) is 65.1 Å². The van der Waals surface area contributed by atoms with Crippen molar-refractivity contribution in [3.05, 3.63) is 0 Å². The molecule has 1 amide bonds. The SMILES string of the molecule is CCOC(=O)OC(C)CC(C)N(C)C(=O)OCC. The molecule has 0 N–H and O–H groups in total. The smallest absolute Gasteiger partial charge is 0.450 e. The number of carbonyl (C=O) groups is 2. The van der Waals surface area contributed by atoms with Crippen molar-refractivity contribution in [2.24, 2.45) is 0 Å². The molecule has 0 fully saturated rings. The molecule has 6 nitrogen and oxygen atoms in total. The van der Waals surface area contributed by atoms with E-state index in [-0.39, 0.29) is 24.8 Å². The first-order valence-electron chi connectivity index (χ1n) is 6.15. The summed E-state index contributed by atoms with van der Waals surface area (Å²) in [4.78, 5) is 24.0. The molecule has 2 atom stereocenters. The predicted octanol–water partition coefficient (Wildman–Crippen LogP) is 2.41. The van der Waals surface area contributed by atoms with Crippen LogP contribution < -0.4 is 0 Å². The number of hydrogen-bond donors (Lipinski definition) is 0. The molecule has 0 saturated carbocycles. The summed E-state index contributed by atoms with van der Waals surface area (Å²) in [5.74, 6) is 0. The zero-order chi connectivity index (χ0) is 14.1. The summed E-state index contributed by atoms with van der Waals surface area (Å²) in [5.41, 5.74) is 0. The van der Waals surface area contributed by atoms with Crippen molar-refractivity contribution < 1.29 is 23.8 Å². The normalized spacial score (nSPS) is 13.4. The van der Waals surface area contributed by atoms with Crippen LogP contribution in [0.2, 0.25) is 0 Å². The lowest BCUT2D eigenvalue weighted by Gasteiger charge is -2.26. The quantitative estimate of drug-likeness (QED) is 0.687. The Morgan fingerprint density at radius 2 is 1.67 bits per heavy atom. The molecule has 2 unspecified atom stereocenters. The maximum Gasteiger partial charge on any atom is 0.508 e.